The zero-order valence-corrected chi connectivity index (χ0v) is 17.2. The Hall–Kier alpha value is -2.59. The van der Waals surface area contributed by atoms with Crippen molar-refractivity contribution < 1.29 is 22.7 Å². The number of alkyl halides is 3. The largest absolute Gasteiger partial charge is 0.480 e. The number of anilines is 2. The van der Waals surface area contributed by atoms with Gasteiger partial charge in [0, 0.05) is 31.2 Å². The molecule has 1 N–H and O–H groups in total. The minimum absolute atomic E-state index is 0.0508. The van der Waals surface area contributed by atoms with Crippen LogP contribution in [0.25, 0.3) is 0 Å². The first-order valence-electron chi connectivity index (χ1n) is 9.21. The molecule has 0 aliphatic carbocycles. The van der Waals surface area contributed by atoms with E-state index in [4.69, 9.17) is 16.3 Å². The molecular weight excluding hydrogens is 423 g/mol. The van der Waals surface area contributed by atoms with Crippen molar-refractivity contribution in [1.82, 2.24) is 14.9 Å². The van der Waals surface area contributed by atoms with E-state index in [1.54, 1.807) is 13.1 Å². The van der Waals surface area contributed by atoms with E-state index in [-0.39, 0.29) is 10.7 Å². The molecule has 30 heavy (non-hydrogen) atoms. The Bertz CT molecular complexity index is 904. The summed E-state index contributed by atoms with van der Waals surface area (Å²) in [6, 6.07) is 2.66. The number of carbonyl (C=O) groups is 1. The van der Waals surface area contributed by atoms with Gasteiger partial charge in [0.1, 0.15) is 0 Å². The SMILES string of the molecule is COc1cncc(N2CCN(C(C)C(=O)Nc3ccc(Cl)cc3C(F)(F)F)CC2)n1. The van der Waals surface area contributed by atoms with Gasteiger partial charge in [-0.05, 0) is 25.1 Å². The van der Waals surface area contributed by atoms with Gasteiger partial charge >= 0.3 is 6.18 Å². The summed E-state index contributed by atoms with van der Waals surface area (Å²) in [7, 11) is 1.51. The summed E-state index contributed by atoms with van der Waals surface area (Å²) in [4.78, 5) is 24.9. The van der Waals surface area contributed by atoms with Gasteiger partial charge in [0.25, 0.3) is 0 Å². The van der Waals surface area contributed by atoms with Gasteiger partial charge < -0.3 is 15.0 Å². The number of halogens is 4. The molecule has 0 spiro atoms. The molecule has 0 bridgehead atoms. The highest BCUT2D eigenvalue weighted by molar-refractivity contribution is 6.30. The predicted molar refractivity (Wildman–Crippen MR) is 107 cm³/mol. The number of amides is 1. The van der Waals surface area contributed by atoms with Crippen LogP contribution in [0.15, 0.2) is 30.6 Å². The average molecular weight is 444 g/mol. The van der Waals surface area contributed by atoms with Gasteiger partial charge in [-0.25, -0.2) is 0 Å². The summed E-state index contributed by atoms with van der Waals surface area (Å²) >= 11 is 5.68. The van der Waals surface area contributed by atoms with Gasteiger partial charge in [-0.2, -0.15) is 18.2 Å². The molecule has 2 heterocycles. The Morgan fingerprint density at radius 2 is 1.93 bits per heavy atom. The van der Waals surface area contributed by atoms with E-state index in [1.165, 1.54) is 19.4 Å². The molecule has 1 atom stereocenters. The van der Waals surface area contributed by atoms with Gasteiger partial charge in [-0.3, -0.25) is 14.7 Å². The summed E-state index contributed by atoms with van der Waals surface area (Å²) in [6.07, 6.45) is -1.48. The number of hydrogen-bond acceptors (Lipinski definition) is 6. The monoisotopic (exact) mass is 443 g/mol. The molecular formula is C19H21ClF3N5O2. The molecule has 0 radical (unpaired) electrons. The van der Waals surface area contributed by atoms with Crippen molar-refractivity contribution in [1.29, 1.82) is 0 Å². The summed E-state index contributed by atoms with van der Waals surface area (Å²) in [5.74, 6) is 0.561. The van der Waals surface area contributed by atoms with E-state index in [1.807, 2.05) is 9.80 Å². The molecule has 0 saturated carbocycles. The quantitative estimate of drug-likeness (QED) is 0.764. The second kappa shape index (κ2) is 9.05. The Labute approximate surface area is 176 Å². The van der Waals surface area contributed by atoms with Crippen molar-refractivity contribution in [2.75, 3.05) is 43.5 Å². The zero-order valence-electron chi connectivity index (χ0n) is 16.4. The number of benzene rings is 1. The maximum atomic E-state index is 13.2. The number of nitrogens with zero attached hydrogens (tertiary/aromatic N) is 4. The van der Waals surface area contributed by atoms with Crippen molar-refractivity contribution in [2.24, 2.45) is 0 Å². The molecule has 162 valence electrons. The normalized spacial score (nSPS) is 16.3. The zero-order chi connectivity index (χ0) is 21.9. The van der Waals surface area contributed by atoms with E-state index in [0.717, 1.165) is 12.1 Å². The highest BCUT2D eigenvalue weighted by atomic mass is 35.5. The smallest absolute Gasteiger partial charge is 0.418 e. The van der Waals surface area contributed by atoms with Crippen LogP contribution in [-0.4, -0.2) is 60.1 Å². The molecule has 1 unspecified atom stereocenters. The lowest BCUT2D eigenvalue weighted by molar-refractivity contribution is -0.137. The average Bonchev–Trinajstić information content (AvgIpc) is 2.74. The van der Waals surface area contributed by atoms with Crippen LogP contribution in [0.1, 0.15) is 12.5 Å². The van der Waals surface area contributed by atoms with Crippen molar-refractivity contribution in [3.63, 3.8) is 0 Å². The number of nitrogens with one attached hydrogen (secondary N) is 1. The lowest BCUT2D eigenvalue weighted by Gasteiger charge is -2.37. The standard InChI is InChI=1S/C19H21ClF3N5O2/c1-12(18(29)25-15-4-3-13(20)9-14(15)19(21,22)23)27-5-7-28(8-6-27)16-10-24-11-17(26-16)30-2/h3-4,9-12H,5-8H2,1-2H3,(H,25,29). The van der Waals surface area contributed by atoms with Crippen LogP contribution in [0, 0.1) is 0 Å². The maximum absolute atomic E-state index is 13.2. The molecule has 1 aliphatic heterocycles. The minimum atomic E-state index is -4.62. The Balaban J connectivity index is 1.63. The number of hydrogen-bond donors (Lipinski definition) is 1. The first-order chi connectivity index (χ1) is 14.2. The number of piperazine rings is 1. The Kier molecular flexibility index (Phi) is 6.67. The van der Waals surface area contributed by atoms with E-state index in [0.29, 0.717) is 37.9 Å². The second-order valence-corrected chi connectivity index (χ2v) is 7.23. The van der Waals surface area contributed by atoms with E-state index in [2.05, 4.69) is 15.3 Å². The molecule has 11 heteroatoms. The fourth-order valence-corrected chi connectivity index (χ4v) is 3.36. The molecule has 1 saturated heterocycles. The highest BCUT2D eigenvalue weighted by Crippen LogP contribution is 2.36. The third-order valence-electron chi connectivity index (χ3n) is 4.92. The molecule has 2 aromatic rings. The van der Waals surface area contributed by atoms with Crippen molar-refractivity contribution in [3.05, 3.63) is 41.2 Å². The van der Waals surface area contributed by atoms with Crippen LogP contribution in [0.5, 0.6) is 5.88 Å². The summed E-state index contributed by atoms with van der Waals surface area (Å²) in [5, 5.41) is 2.34. The number of carbonyl (C=O) groups excluding carboxylic acids is 1. The lowest BCUT2D eigenvalue weighted by Crippen LogP contribution is -2.53. The first kappa shape index (κ1) is 22.1. The summed E-state index contributed by atoms with van der Waals surface area (Å²) < 4.78 is 44.8. The maximum Gasteiger partial charge on any atom is 0.418 e. The van der Waals surface area contributed by atoms with E-state index >= 15 is 0 Å². The van der Waals surface area contributed by atoms with E-state index < -0.39 is 23.7 Å². The van der Waals surface area contributed by atoms with Crippen LogP contribution in [0.4, 0.5) is 24.7 Å². The van der Waals surface area contributed by atoms with Crippen LogP contribution in [-0.2, 0) is 11.0 Å². The van der Waals surface area contributed by atoms with Gasteiger partial charge in [-0.1, -0.05) is 11.6 Å². The van der Waals surface area contributed by atoms with E-state index in [9.17, 15) is 18.0 Å². The number of rotatable bonds is 5. The highest BCUT2D eigenvalue weighted by Gasteiger charge is 2.35. The Morgan fingerprint density at radius 3 is 2.57 bits per heavy atom. The molecule has 1 aromatic heterocycles. The fourth-order valence-electron chi connectivity index (χ4n) is 3.19. The predicted octanol–water partition coefficient (Wildman–Crippen LogP) is 3.31. The van der Waals surface area contributed by atoms with Crippen molar-refractivity contribution >= 4 is 29.0 Å². The molecule has 1 aromatic carbocycles. The third kappa shape index (κ3) is 5.11. The third-order valence-corrected chi connectivity index (χ3v) is 5.15. The second-order valence-electron chi connectivity index (χ2n) is 6.80. The first-order valence-corrected chi connectivity index (χ1v) is 9.59. The summed E-state index contributed by atoms with van der Waals surface area (Å²) in [6.45, 7) is 3.93. The van der Waals surface area contributed by atoms with Gasteiger partial charge in [0.05, 0.1) is 36.8 Å². The Morgan fingerprint density at radius 1 is 1.23 bits per heavy atom. The summed E-state index contributed by atoms with van der Waals surface area (Å²) in [5.41, 5.74) is -1.29. The van der Waals surface area contributed by atoms with Crippen molar-refractivity contribution in [2.45, 2.75) is 19.1 Å². The van der Waals surface area contributed by atoms with Gasteiger partial charge in [0.15, 0.2) is 5.82 Å². The topological polar surface area (TPSA) is 70.6 Å². The fraction of sp³-hybridized carbons (Fsp3) is 0.421. The lowest BCUT2D eigenvalue weighted by atomic mass is 10.1. The molecule has 3 rings (SSSR count). The van der Waals surface area contributed by atoms with Gasteiger partial charge in [0.2, 0.25) is 11.8 Å². The molecule has 1 aliphatic rings. The molecule has 1 amide bonds. The van der Waals surface area contributed by atoms with Crippen molar-refractivity contribution in [3.8, 4) is 5.88 Å². The number of methoxy groups -OCH3 is 1. The minimum Gasteiger partial charge on any atom is -0.480 e. The molecule has 7 nitrogen and oxygen atoms in total. The number of aromatic nitrogens is 2. The van der Waals surface area contributed by atoms with Crippen LogP contribution < -0.4 is 15.0 Å². The van der Waals surface area contributed by atoms with Gasteiger partial charge in [-0.15, -0.1) is 0 Å². The number of ether oxygens (including phenoxy) is 1. The van der Waals surface area contributed by atoms with Crippen LogP contribution in [0.2, 0.25) is 5.02 Å². The van der Waals surface area contributed by atoms with Crippen LogP contribution >= 0.6 is 11.6 Å². The van der Waals surface area contributed by atoms with Crippen LogP contribution in [0.3, 0.4) is 0 Å². The molecule has 1 fully saturated rings.